The highest BCUT2D eigenvalue weighted by molar-refractivity contribution is 5.88. The standard InChI is InChI=1S/C28H31N3O3/c1-6-28(4,18-7-8-21(2)3)19-17-22-9-13-25(14-10-22)34-27(32)26-20-31(30-29-26)23-11-15-24(33-5)16-12-23/h6,8-17,19-20H,1,7,18H2,2-5H3/b19-17+/t28-/m1/s1. The van der Waals surface area contributed by atoms with E-state index in [1.165, 1.54) is 16.5 Å². The van der Waals surface area contributed by atoms with Gasteiger partial charge in [-0.25, -0.2) is 9.48 Å². The first-order valence-corrected chi connectivity index (χ1v) is 11.2. The van der Waals surface area contributed by atoms with Crippen molar-refractivity contribution in [2.75, 3.05) is 7.11 Å². The number of methoxy groups -OCH3 is 1. The molecule has 1 atom stereocenters. The zero-order valence-electron chi connectivity index (χ0n) is 20.2. The van der Waals surface area contributed by atoms with Crippen LogP contribution in [0.25, 0.3) is 11.8 Å². The molecule has 176 valence electrons. The van der Waals surface area contributed by atoms with Gasteiger partial charge in [0.25, 0.3) is 0 Å². The van der Waals surface area contributed by atoms with Crippen LogP contribution in [0.2, 0.25) is 0 Å². The lowest BCUT2D eigenvalue weighted by Gasteiger charge is -2.20. The Morgan fingerprint density at radius 2 is 1.76 bits per heavy atom. The van der Waals surface area contributed by atoms with E-state index in [0.717, 1.165) is 29.8 Å². The van der Waals surface area contributed by atoms with Gasteiger partial charge < -0.3 is 9.47 Å². The number of hydrogen-bond acceptors (Lipinski definition) is 5. The monoisotopic (exact) mass is 457 g/mol. The van der Waals surface area contributed by atoms with Crippen molar-refractivity contribution in [2.45, 2.75) is 33.6 Å². The summed E-state index contributed by atoms with van der Waals surface area (Å²) >= 11 is 0. The molecule has 6 heteroatoms. The molecule has 0 radical (unpaired) electrons. The van der Waals surface area contributed by atoms with Crippen LogP contribution in [0.1, 0.15) is 49.7 Å². The van der Waals surface area contributed by atoms with Gasteiger partial charge in [0.15, 0.2) is 5.69 Å². The normalized spacial score (nSPS) is 12.7. The van der Waals surface area contributed by atoms with E-state index in [-0.39, 0.29) is 11.1 Å². The number of benzene rings is 2. The lowest BCUT2D eigenvalue weighted by Crippen LogP contribution is -2.09. The molecule has 0 N–H and O–H groups in total. The minimum atomic E-state index is -0.568. The van der Waals surface area contributed by atoms with Gasteiger partial charge >= 0.3 is 5.97 Å². The maximum absolute atomic E-state index is 12.5. The predicted molar refractivity (Wildman–Crippen MR) is 135 cm³/mol. The first-order chi connectivity index (χ1) is 16.3. The van der Waals surface area contributed by atoms with Crippen LogP contribution in [0.3, 0.4) is 0 Å². The summed E-state index contributed by atoms with van der Waals surface area (Å²) in [5.74, 6) is 0.609. The second kappa shape index (κ2) is 11.3. The van der Waals surface area contributed by atoms with Crippen LogP contribution in [-0.2, 0) is 0 Å². The van der Waals surface area contributed by atoms with Gasteiger partial charge in [0.2, 0.25) is 0 Å². The van der Waals surface area contributed by atoms with Crippen LogP contribution >= 0.6 is 0 Å². The van der Waals surface area contributed by atoms with Crippen molar-refractivity contribution in [3.63, 3.8) is 0 Å². The quantitative estimate of drug-likeness (QED) is 0.199. The maximum Gasteiger partial charge on any atom is 0.365 e. The fraction of sp³-hybridized carbons (Fsp3) is 0.250. The van der Waals surface area contributed by atoms with Gasteiger partial charge in [0.05, 0.1) is 19.0 Å². The lowest BCUT2D eigenvalue weighted by atomic mass is 9.84. The Hall–Kier alpha value is -3.93. The Morgan fingerprint density at radius 1 is 1.09 bits per heavy atom. The topological polar surface area (TPSA) is 66.2 Å². The molecule has 0 spiro atoms. The fourth-order valence-corrected chi connectivity index (χ4v) is 3.24. The average molecular weight is 458 g/mol. The molecule has 0 unspecified atom stereocenters. The molecule has 0 saturated carbocycles. The van der Waals surface area contributed by atoms with Crippen molar-refractivity contribution in [3.05, 3.63) is 96.4 Å². The van der Waals surface area contributed by atoms with Gasteiger partial charge in [-0.05, 0) is 68.7 Å². The zero-order valence-corrected chi connectivity index (χ0v) is 20.2. The number of ether oxygens (including phenoxy) is 2. The van der Waals surface area contributed by atoms with Crippen molar-refractivity contribution >= 4 is 12.0 Å². The number of carbonyl (C=O) groups is 1. The van der Waals surface area contributed by atoms with Crippen molar-refractivity contribution in [3.8, 4) is 17.2 Å². The number of aromatic nitrogens is 3. The van der Waals surface area contributed by atoms with Crippen LogP contribution < -0.4 is 9.47 Å². The van der Waals surface area contributed by atoms with Gasteiger partial charge in [-0.1, -0.05) is 54.1 Å². The molecule has 0 fully saturated rings. The summed E-state index contributed by atoms with van der Waals surface area (Å²) in [5, 5.41) is 7.94. The van der Waals surface area contributed by atoms with E-state index in [2.05, 4.69) is 55.9 Å². The SMILES string of the molecule is C=C[C@@](C)(/C=C/c1ccc(OC(=O)c2cn(-c3ccc(OC)cc3)nn2)cc1)CCC=C(C)C. The molecule has 6 nitrogen and oxygen atoms in total. The zero-order chi connectivity index (χ0) is 24.6. The summed E-state index contributed by atoms with van der Waals surface area (Å²) in [6.07, 6.45) is 12.0. The Balaban J connectivity index is 1.61. The molecule has 0 amide bonds. The predicted octanol–water partition coefficient (Wildman–Crippen LogP) is 6.45. The average Bonchev–Trinajstić information content (AvgIpc) is 3.34. The van der Waals surface area contributed by atoms with Crippen LogP contribution in [-0.4, -0.2) is 28.1 Å². The van der Waals surface area contributed by atoms with Crippen molar-refractivity contribution in [1.29, 1.82) is 0 Å². The van der Waals surface area contributed by atoms with Gasteiger partial charge in [-0.3, -0.25) is 0 Å². The van der Waals surface area contributed by atoms with E-state index in [1.807, 2.05) is 42.5 Å². The second-order valence-electron chi connectivity index (χ2n) is 8.57. The van der Waals surface area contributed by atoms with E-state index >= 15 is 0 Å². The Bertz CT molecular complexity index is 1170. The summed E-state index contributed by atoms with van der Waals surface area (Å²) < 4.78 is 12.1. The maximum atomic E-state index is 12.5. The molecule has 2 aromatic carbocycles. The van der Waals surface area contributed by atoms with Gasteiger partial charge in [0.1, 0.15) is 11.5 Å². The van der Waals surface area contributed by atoms with E-state index < -0.39 is 5.97 Å². The van der Waals surface area contributed by atoms with Crippen LogP contribution in [0.4, 0.5) is 0 Å². The minimum absolute atomic E-state index is 0.0905. The van der Waals surface area contributed by atoms with E-state index in [9.17, 15) is 4.79 Å². The van der Waals surface area contributed by atoms with E-state index in [0.29, 0.717) is 5.75 Å². The fourth-order valence-electron chi connectivity index (χ4n) is 3.24. The highest BCUT2D eigenvalue weighted by atomic mass is 16.5. The van der Waals surface area contributed by atoms with Gasteiger partial charge in [-0.2, -0.15) is 0 Å². The summed E-state index contributed by atoms with van der Waals surface area (Å²) in [6.45, 7) is 10.4. The largest absolute Gasteiger partial charge is 0.497 e. The Kier molecular flexibility index (Phi) is 8.19. The van der Waals surface area contributed by atoms with E-state index in [4.69, 9.17) is 9.47 Å². The second-order valence-corrected chi connectivity index (χ2v) is 8.57. The molecular formula is C28H31N3O3. The summed E-state index contributed by atoms with van der Waals surface area (Å²) in [5.41, 5.74) is 3.13. The molecule has 34 heavy (non-hydrogen) atoms. The molecular weight excluding hydrogens is 426 g/mol. The molecule has 3 rings (SSSR count). The van der Waals surface area contributed by atoms with Crippen LogP contribution in [0.15, 0.2) is 85.1 Å². The summed E-state index contributed by atoms with van der Waals surface area (Å²) in [7, 11) is 1.60. The van der Waals surface area contributed by atoms with Crippen molar-refractivity contribution in [2.24, 2.45) is 5.41 Å². The number of allylic oxidation sites excluding steroid dienone is 4. The molecule has 3 aromatic rings. The highest BCUT2D eigenvalue weighted by Crippen LogP contribution is 2.28. The first kappa shape index (κ1) is 24.7. The summed E-state index contributed by atoms with van der Waals surface area (Å²) in [4.78, 5) is 12.5. The van der Waals surface area contributed by atoms with Gasteiger partial charge in [-0.15, -0.1) is 11.7 Å². The number of esters is 1. The molecule has 0 bridgehead atoms. The lowest BCUT2D eigenvalue weighted by molar-refractivity contribution is 0.0728. The molecule has 0 saturated heterocycles. The number of hydrogen-bond donors (Lipinski definition) is 0. The third-order valence-corrected chi connectivity index (χ3v) is 5.49. The van der Waals surface area contributed by atoms with Crippen LogP contribution in [0, 0.1) is 5.41 Å². The van der Waals surface area contributed by atoms with E-state index in [1.54, 1.807) is 19.2 Å². The number of carbonyl (C=O) groups excluding carboxylic acids is 1. The summed E-state index contributed by atoms with van der Waals surface area (Å²) in [6, 6.07) is 14.6. The van der Waals surface area contributed by atoms with Crippen LogP contribution in [0.5, 0.6) is 11.5 Å². The van der Waals surface area contributed by atoms with Crippen molar-refractivity contribution in [1.82, 2.24) is 15.0 Å². The Labute approximate surface area is 201 Å². The minimum Gasteiger partial charge on any atom is -0.497 e. The van der Waals surface area contributed by atoms with Gasteiger partial charge in [0, 0.05) is 5.41 Å². The first-order valence-electron chi connectivity index (χ1n) is 11.2. The smallest absolute Gasteiger partial charge is 0.365 e. The van der Waals surface area contributed by atoms with Crippen molar-refractivity contribution < 1.29 is 14.3 Å². The molecule has 0 aliphatic rings. The molecule has 1 heterocycles. The highest BCUT2D eigenvalue weighted by Gasteiger charge is 2.16. The Morgan fingerprint density at radius 3 is 2.38 bits per heavy atom. The molecule has 1 aromatic heterocycles. The number of rotatable bonds is 10. The third kappa shape index (κ3) is 6.78. The third-order valence-electron chi connectivity index (χ3n) is 5.49. The molecule has 0 aliphatic carbocycles. The molecule has 0 aliphatic heterocycles. The number of nitrogens with zero attached hydrogens (tertiary/aromatic N) is 3.